The Hall–Kier alpha value is -1.40. The lowest BCUT2D eigenvalue weighted by atomic mass is 9.45. The second kappa shape index (κ2) is 9.46. The number of allylic oxidation sites excluding steroid dienone is 4. The van der Waals surface area contributed by atoms with Crippen molar-refractivity contribution in [3.63, 3.8) is 0 Å². The van der Waals surface area contributed by atoms with Gasteiger partial charge in [0.2, 0.25) is 0 Å². The Bertz CT molecular complexity index is 793. The van der Waals surface area contributed by atoms with Gasteiger partial charge >= 0.3 is 0 Å². The summed E-state index contributed by atoms with van der Waals surface area (Å²) in [6, 6.07) is 0. The van der Waals surface area contributed by atoms with E-state index in [0.717, 1.165) is 0 Å². The lowest BCUT2D eigenvalue weighted by Crippen LogP contribution is -2.68. The summed E-state index contributed by atoms with van der Waals surface area (Å²) in [7, 11) is 0. The highest BCUT2D eigenvalue weighted by atomic mass is 19.1. The number of Topliss-reactive ketones (excluding diaryl/α,β-unsaturated/α-hetero) is 1. The molecular weight excluding hydrogens is 414 g/mol. The maximum absolute atomic E-state index is 16.8. The largest absolute Gasteiger partial charge is 0.390 e. The Morgan fingerprint density at radius 2 is 1.75 bits per heavy atom. The van der Waals surface area contributed by atoms with Gasteiger partial charge in [0.25, 0.3) is 0 Å². The second-order valence-corrected chi connectivity index (χ2v) is 9.76. The number of hydrogen-bond donors (Lipinski definition) is 2. The summed E-state index contributed by atoms with van der Waals surface area (Å²) in [4.78, 5) is 24.3. The third kappa shape index (κ3) is 3.53. The third-order valence-corrected chi connectivity index (χ3v) is 8.47. The van der Waals surface area contributed by atoms with Crippen LogP contribution in [0, 0.1) is 34.5 Å². The molecule has 32 heavy (non-hydrogen) atoms. The van der Waals surface area contributed by atoms with Gasteiger partial charge in [-0.2, -0.15) is 0 Å². The van der Waals surface area contributed by atoms with E-state index in [4.69, 9.17) is 0 Å². The molecule has 7 unspecified atom stereocenters. The van der Waals surface area contributed by atoms with E-state index in [1.165, 1.54) is 18.2 Å². The van der Waals surface area contributed by atoms with Crippen LogP contribution in [0.25, 0.3) is 0 Å². The fourth-order valence-corrected chi connectivity index (χ4v) is 7.36. The topological polar surface area (TPSA) is 74.6 Å². The van der Waals surface area contributed by atoms with Crippen LogP contribution in [-0.4, -0.2) is 46.3 Å². The number of aliphatic hydroxyl groups excluding tert-OH is 2. The molecule has 0 aliphatic heterocycles. The lowest BCUT2D eigenvalue weighted by Gasteiger charge is -2.62. The Morgan fingerprint density at radius 3 is 2.31 bits per heavy atom. The van der Waals surface area contributed by atoms with E-state index >= 15 is 8.78 Å². The zero-order chi connectivity index (χ0) is 24.6. The van der Waals surface area contributed by atoms with Gasteiger partial charge in [-0.3, -0.25) is 9.59 Å². The van der Waals surface area contributed by atoms with Crippen LogP contribution < -0.4 is 0 Å². The molecule has 4 aliphatic rings. The molecule has 2 N–H and O–H groups in total. The number of aliphatic hydroxyl groups is 2. The van der Waals surface area contributed by atoms with Gasteiger partial charge in [0.1, 0.15) is 12.8 Å². The molecule has 6 heteroatoms. The van der Waals surface area contributed by atoms with Crippen LogP contribution in [0.15, 0.2) is 23.8 Å². The molecule has 0 aromatic carbocycles. The minimum atomic E-state index is -2.11. The first kappa shape index (κ1) is 26.8. The summed E-state index contributed by atoms with van der Waals surface area (Å²) in [6.07, 6.45) is 1.52. The van der Waals surface area contributed by atoms with Crippen LogP contribution in [0.1, 0.15) is 67.7 Å². The van der Waals surface area contributed by atoms with Crippen molar-refractivity contribution in [2.45, 2.75) is 85.7 Å². The van der Waals surface area contributed by atoms with E-state index in [0.29, 0.717) is 6.42 Å². The number of ketones is 2. The van der Waals surface area contributed by atoms with Crippen LogP contribution >= 0.6 is 0 Å². The summed E-state index contributed by atoms with van der Waals surface area (Å²) >= 11 is 0. The standard InChI is InChI=1S/C22H28F2O4.2C2H6/c1-11-6-13-14-8-16(23)15-7-12(26)4-5-21(15,3)22(14,24)18(28)9-20(13,2)19(11)17(27)10-25;2*1-2/h4-5,7,11,13-14,16,18-19,25,28H,6,8-10H2,1-3H3;2*1-2H3/t11?,13?,14?,16-,18?,19?,20?,21?,22-;;/m0../s1. The Kier molecular flexibility index (Phi) is 7.93. The first-order chi connectivity index (χ1) is 15.0. The highest BCUT2D eigenvalue weighted by Gasteiger charge is 2.73. The van der Waals surface area contributed by atoms with Gasteiger partial charge in [0, 0.05) is 17.3 Å². The van der Waals surface area contributed by atoms with E-state index in [-0.39, 0.29) is 41.8 Å². The molecule has 182 valence electrons. The zero-order valence-electron chi connectivity index (χ0n) is 20.5. The van der Waals surface area contributed by atoms with E-state index in [9.17, 15) is 19.8 Å². The average molecular weight is 455 g/mol. The van der Waals surface area contributed by atoms with Gasteiger partial charge in [-0.1, -0.05) is 47.6 Å². The van der Waals surface area contributed by atoms with Gasteiger partial charge in [-0.15, -0.1) is 0 Å². The summed E-state index contributed by atoms with van der Waals surface area (Å²) < 4.78 is 32.0. The predicted molar refractivity (Wildman–Crippen MR) is 121 cm³/mol. The normalized spacial score (nSPS) is 46.3. The molecule has 0 saturated heterocycles. The first-order valence-corrected chi connectivity index (χ1v) is 12.1. The van der Waals surface area contributed by atoms with Gasteiger partial charge in [-0.05, 0) is 61.2 Å². The highest BCUT2D eigenvalue weighted by molar-refractivity contribution is 6.01. The molecule has 3 fully saturated rings. The number of fused-ring (bicyclic) bond motifs is 5. The number of carbonyl (C=O) groups is 2. The molecule has 0 aromatic heterocycles. The highest BCUT2D eigenvalue weighted by Crippen LogP contribution is 2.70. The van der Waals surface area contributed by atoms with E-state index < -0.39 is 47.2 Å². The molecule has 4 nitrogen and oxygen atoms in total. The minimum absolute atomic E-state index is 0.0736. The number of rotatable bonds is 2. The average Bonchev–Trinajstić information content (AvgIpc) is 3.04. The maximum Gasteiger partial charge on any atom is 0.178 e. The Labute approximate surface area is 191 Å². The quantitative estimate of drug-likeness (QED) is 0.630. The van der Waals surface area contributed by atoms with Gasteiger partial charge in [0.05, 0.1) is 6.10 Å². The van der Waals surface area contributed by atoms with Crippen molar-refractivity contribution in [3.05, 3.63) is 23.8 Å². The fraction of sp³-hybridized carbons (Fsp3) is 0.769. The van der Waals surface area contributed by atoms with E-state index in [1.807, 2.05) is 41.5 Å². The first-order valence-electron chi connectivity index (χ1n) is 12.1. The molecule has 0 spiro atoms. The Balaban J connectivity index is 0.000000860. The lowest BCUT2D eigenvalue weighted by molar-refractivity contribution is -0.202. The van der Waals surface area contributed by atoms with Crippen molar-refractivity contribution < 1.29 is 28.6 Å². The summed E-state index contributed by atoms with van der Waals surface area (Å²) in [6.45, 7) is 12.8. The van der Waals surface area contributed by atoms with Crippen LogP contribution in [0.4, 0.5) is 8.78 Å². The van der Waals surface area contributed by atoms with E-state index in [1.54, 1.807) is 6.92 Å². The monoisotopic (exact) mass is 454 g/mol. The molecule has 0 radical (unpaired) electrons. The van der Waals surface area contributed by atoms with Crippen LogP contribution in [-0.2, 0) is 9.59 Å². The maximum atomic E-state index is 16.8. The van der Waals surface area contributed by atoms with Crippen LogP contribution in [0.3, 0.4) is 0 Å². The van der Waals surface area contributed by atoms with E-state index in [2.05, 4.69) is 0 Å². The fourth-order valence-electron chi connectivity index (χ4n) is 7.36. The summed E-state index contributed by atoms with van der Waals surface area (Å²) in [5.74, 6) is -2.26. The molecule has 0 aromatic rings. The van der Waals surface area contributed by atoms with Gasteiger partial charge in [0.15, 0.2) is 17.2 Å². The molecule has 0 bridgehead atoms. The molecular formula is C26H40F2O4. The van der Waals surface area contributed by atoms with Crippen molar-refractivity contribution in [3.8, 4) is 0 Å². The predicted octanol–water partition coefficient (Wildman–Crippen LogP) is 4.78. The molecule has 0 amide bonds. The zero-order valence-corrected chi connectivity index (χ0v) is 20.5. The molecule has 9 atom stereocenters. The van der Waals surface area contributed by atoms with Gasteiger partial charge < -0.3 is 10.2 Å². The van der Waals surface area contributed by atoms with Gasteiger partial charge in [-0.25, -0.2) is 8.78 Å². The molecule has 0 heterocycles. The summed E-state index contributed by atoms with van der Waals surface area (Å²) in [5.41, 5.74) is -4.09. The minimum Gasteiger partial charge on any atom is -0.390 e. The van der Waals surface area contributed by atoms with Crippen molar-refractivity contribution >= 4 is 11.6 Å². The number of carbonyl (C=O) groups excluding carboxylic acids is 2. The van der Waals surface area contributed by atoms with Crippen molar-refractivity contribution in [1.82, 2.24) is 0 Å². The number of alkyl halides is 2. The molecule has 3 saturated carbocycles. The SMILES string of the molecule is CC.CC.CC1CC2C3C[C@H](F)C4=CC(=O)C=CC4(C)[C@@]3(F)C(O)CC2(C)C1C(=O)CO. The number of hydrogen-bond acceptors (Lipinski definition) is 4. The van der Waals surface area contributed by atoms with Crippen molar-refractivity contribution in [2.75, 3.05) is 6.61 Å². The van der Waals surface area contributed by atoms with Crippen LogP contribution in [0.2, 0.25) is 0 Å². The van der Waals surface area contributed by atoms with Crippen molar-refractivity contribution in [1.29, 1.82) is 0 Å². The smallest absolute Gasteiger partial charge is 0.178 e. The van der Waals surface area contributed by atoms with Crippen LogP contribution in [0.5, 0.6) is 0 Å². The number of halogens is 2. The molecule has 4 rings (SSSR count). The summed E-state index contributed by atoms with van der Waals surface area (Å²) in [5, 5.41) is 20.5. The Morgan fingerprint density at radius 1 is 1.16 bits per heavy atom. The van der Waals surface area contributed by atoms with Crippen molar-refractivity contribution in [2.24, 2.45) is 34.5 Å². The second-order valence-electron chi connectivity index (χ2n) is 9.76. The third-order valence-electron chi connectivity index (χ3n) is 8.47. The molecule has 4 aliphatic carbocycles.